The Kier molecular flexibility index (Phi) is 6.20. The maximum absolute atomic E-state index is 12.1. The first-order valence-corrected chi connectivity index (χ1v) is 12.6. The summed E-state index contributed by atoms with van der Waals surface area (Å²) >= 11 is 0. The maximum atomic E-state index is 12.1. The third-order valence-corrected chi connectivity index (χ3v) is 6.77. The van der Waals surface area contributed by atoms with E-state index in [0.717, 1.165) is 33.8 Å². The van der Waals surface area contributed by atoms with Crippen molar-refractivity contribution in [1.82, 2.24) is 34.4 Å². The summed E-state index contributed by atoms with van der Waals surface area (Å²) in [7, 11) is 0. The van der Waals surface area contributed by atoms with E-state index in [1.165, 1.54) is 18.7 Å². The molecule has 0 radical (unpaired) electrons. The Hall–Kier alpha value is -5.12. The zero-order chi connectivity index (χ0) is 26.9. The molecule has 0 unspecified atom stereocenters. The molecule has 0 saturated heterocycles. The van der Waals surface area contributed by atoms with E-state index < -0.39 is 0 Å². The van der Waals surface area contributed by atoms with Crippen LogP contribution in [0, 0.1) is 6.92 Å². The van der Waals surface area contributed by atoms with Crippen LogP contribution in [0.1, 0.15) is 24.6 Å². The van der Waals surface area contributed by atoms with Gasteiger partial charge in [0.05, 0.1) is 11.2 Å². The van der Waals surface area contributed by atoms with Gasteiger partial charge in [-0.1, -0.05) is 12.7 Å². The second kappa shape index (κ2) is 9.97. The van der Waals surface area contributed by atoms with Gasteiger partial charge in [-0.3, -0.25) is 4.79 Å². The number of carbonyl (C=O) groups is 1. The zero-order valence-corrected chi connectivity index (χ0v) is 21.6. The summed E-state index contributed by atoms with van der Waals surface area (Å²) in [5, 5.41) is 7.50. The molecule has 0 saturated carbocycles. The summed E-state index contributed by atoms with van der Waals surface area (Å²) in [4.78, 5) is 31.9. The number of nitrogens with one attached hydrogen (secondary N) is 1. The summed E-state index contributed by atoms with van der Waals surface area (Å²) in [5.41, 5.74) is 5.87. The molecule has 1 amide bonds. The number of anilines is 2. The Bertz CT molecular complexity index is 1760. The molecular weight excluding hydrogens is 492 g/mol. The van der Waals surface area contributed by atoms with Crippen molar-refractivity contribution < 1.29 is 9.53 Å². The van der Waals surface area contributed by atoms with Crippen LogP contribution in [0.5, 0.6) is 11.5 Å². The van der Waals surface area contributed by atoms with Crippen molar-refractivity contribution in [2.24, 2.45) is 0 Å². The molecule has 0 bridgehead atoms. The number of hydrogen-bond donors (Lipinski definition) is 1. The molecule has 1 atom stereocenters. The third kappa shape index (κ3) is 4.79. The van der Waals surface area contributed by atoms with Gasteiger partial charge in [-0.2, -0.15) is 5.10 Å². The summed E-state index contributed by atoms with van der Waals surface area (Å²) < 4.78 is 7.78. The quantitative estimate of drug-likeness (QED) is 0.309. The van der Waals surface area contributed by atoms with Crippen LogP contribution in [0.3, 0.4) is 0 Å². The second-order valence-corrected chi connectivity index (χ2v) is 9.40. The highest BCUT2D eigenvalue weighted by Crippen LogP contribution is 2.31. The predicted octanol–water partition coefficient (Wildman–Crippen LogP) is 5.10. The summed E-state index contributed by atoms with van der Waals surface area (Å²) in [6, 6.07) is 13.5. The van der Waals surface area contributed by atoms with Gasteiger partial charge < -0.3 is 15.0 Å². The highest BCUT2D eigenvalue weighted by molar-refractivity contribution is 5.90. The van der Waals surface area contributed by atoms with Gasteiger partial charge in [0, 0.05) is 30.5 Å². The highest BCUT2D eigenvalue weighted by Gasteiger charge is 2.24. The van der Waals surface area contributed by atoms with Crippen molar-refractivity contribution in [3.05, 3.63) is 91.3 Å². The minimum atomic E-state index is -0.0627. The molecule has 1 aliphatic heterocycles. The molecule has 10 nitrogen and oxygen atoms in total. The lowest BCUT2D eigenvalue weighted by atomic mass is 9.98. The lowest BCUT2D eigenvalue weighted by Crippen LogP contribution is -2.40. The number of fused-ring (bicyclic) bond motifs is 2. The van der Waals surface area contributed by atoms with Crippen LogP contribution < -0.4 is 10.1 Å². The van der Waals surface area contributed by atoms with Crippen LogP contribution >= 0.6 is 0 Å². The molecule has 1 aromatic carbocycles. The Morgan fingerprint density at radius 3 is 2.85 bits per heavy atom. The van der Waals surface area contributed by atoms with Crippen LogP contribution in [0.25, 0.3) is 22.3 Å². The van der Waals surface area contributed by atoms with Gasteiger partial charge in [-0.15, -0.1) is 0 Å². The van der Waals surface area contributed by atoms with Gasteiger partial charge in [0.25, 0.3) is 0 Å². The molecule has 0 fully saturated rings. The molecule has 10 heteroatoms. The van der Waals surface area contributed by atoms with Crippen LogP contribution in [0.4, 0.5) is 11.5 Å². The van der Waals surface area contributed by atoms with Crippen molar-refractivity contribution in [2.75, 3.05) is 11.9 Å². The summed E-state index contributed by atoms with van der Waals surface area (Å²) in [6.45, 7) is 8.15. The van der Waals surface area contributed by atoms with E-state index in [9.17, 15) is 4.79 Å². The number of aryl methyl sites for hydroxylation is 1. The van der Waals surface area contributed by atoms with Gasteiger partial charge >= 0.3 is 0 Å². The van der Waals surface area contributed by atoms with Gasteiger partial charge in [0.1, 0.15) is 29.7 Å². The number of aromatic nitrogens is 6. The van der Waals surface area contributed by atoms with E-state index >= 15 is 0 Å². The average Bonchev–Trinajstić information content (AvgIpc) is 3.42. The van der Waals surface area contributed by atoms with Gasteiger partial charge in [0.2, 0.25) is 5.91 Å². The number of carbonyl (C=O) groups excluding carboxylic acids is 1. The number of pyridine rings is 2. The van der Waals surface area contributed by atoms with Crippen molar-refractivity contribution in [3.63, 3.8) is 0 Å². The van der Waals surface area contributed by atoms with E-state index in [0.29, 0.717) is 35.7 Å². The maximum Gasteiger partial charge on any atom is 0.246 e. The lowest BCUT2D eigenvalue weighted by Gasteiger charge is -2.32. The fourth-order valence-corrected chi connectivity index (χ4v) is 4.71. The molecule has 0 spiro atoms. The monoisotopic (exact) mass is 518 g/mol. The smallest absolute Gasteiger partial charge is 0.246 e. The molecule has 194 valence electrons. The van der Waals surface area contributed by atoms with E-state index in [1.807, 2.05) is 62.5 Å². The van der Waals surface area contributed by atoms with Crippen LogP contribution in [0.15, 0.2) is 80.0 Å². The van der Waals surface area contributed by atoms with Crippen molar-refractivity contribution in [3.8, 4) is 11.5 Å². The first-order valence-electron chi connectivity index (χ1n) is 12.6. The van der Waals surface area contributed by atoms with E-state index in [1.54, 1.807) is 9.42 Å². The van der Waals surface area contributed by atoms with Crippen molar-refractivity contribution in [2.45, 2.75) is 26.3 Å². The number of amides is 1. The lowest BCUT2D eigenvalue weighted by molar-refractivity contribution is -0.127. The van der Waals surface area contributed by atoms with Gasteiger partial charge in [-0.25, -0.2) is 24.5 Å². The molecule has 39 heavy (non-hydrogen) atoms. The fourth-order valence-electron chi connectivity index (χ4n) is 4.71. The predicted molar refractivity (Wildman–Crippen MR) is 149 cm³/mol. The van der Waals surface area contributed by atoms with E-state index in [2.05, 4.69) is 38.0 Å². The van der Waals surface area contributed by atoms with Crippen LogP contribution in [-0.4, -0.2) is 52.9 Å². The van der Waals surface area contributed by atoms with Crippen molar-refractivity contribution >= 4 is 39.7 Å². The topological polar surface area (TPSA) is 110 Å². The highest BCUT2D eigenvalue weighted by atomic mass is 16.5. The molecule has 1 aliphatic rings. The first-order chi connectivity index (χ1) is 19.0. The third-order valence-electron chi connectivity index (χ3n) is 6.77. The molecular formula is C29H26N8O2. The molecule has 4 aromatic heterocycles. The summed E-state index contributed by atoms with van der Waals surface area (Å²) in [5.74, 6) is 1.97. The fraction of sp³-hybridized carbons (Fsp3) is 0.172. The van der Waals surface area contributed by atoms with E-state index in [-0.39, 0.29) is 11.9 Å². The molecule has 5 heterocycles. The zero-order valence-electron chi connectivity index (χ0n) is 21.6. The number of hydrogen-bond acceptors (Lipinski definition) is 8. The second-order valence-electron chi connectivity index (χ2n) is 9.40. The average molecular weight is 519 g/mol. The first kappa shape index (κ1) is 24.2. The molecule has 6 rings (SSSR count). The Balaban J connectivity index is 1.24. The van der Waals surface area contributed by atoms with Crippen molar-refractivity contribution in [1.29, 1.82) is 0 Å². The Labute approximate surface area is 224 Å². The number of benzene rings is 1. The van der Waals surface area contributed by atoms with Gasteiger partial charge in [-0.05, 0) is 73.9 Å². The van der Waals surface area contributed by atoms with Crippen LogP contribution in [0.2, 0.25) is 0 Å². The SMILES string of the molecule is C=CC(=O)N1CC=C(c2ccc3ncnc(Nc4ccc(Oc5ccn6ncnc6c5)c(C)c4)c3n2)C[C@H]1C. The molecule has 5 aromatic rings. The minimum Gasteiger partial charge on any atom is -0.457 e. The number of rotatable bonds is 6. The molecule has 0 aliphatic carbocycles. The van der Waals surface area contributed by atoms with Gasteiger partial charge in [0.15, 0.2) is 11.5 Å². The Morgan fingerprint density at radius 1 is 1.13 bits per heavy atom. The van der Waals surface area contributed by atoms with Crippen LogP contribution in [-0.2, 0) is 4.79 Å². The van der Waals surface area contributed by atoms with E-state index in [4.69, 9.17) is 9.72 Å². The standard InChI is InChI=1S/C29H26N8O2/c1-4-27(38)36-11-9-20(14-19(36)3)23-6-7-24-28(35-23)29(32-16-30-24)34-21-5-8-25(18(2)13-21)39-22-10-12-37-26(15-22)31-17-33-37/h4-10,12-13,15-17,19H,1,11,14H2,2-3H3,(H,30,32,34)/t19-/m1/s1. The Morgan fingerprint density at radius 2 is 2.03 bits per heavy atom. The minimum absolute atomic E-state index is 0.0552. The number of ether oxygens (including phenoxy) is 1. The molecule has 1 N–H and O–H groups in total. The normalized spacial score (nSPS) is 15.3. The largest absolute Gasteiger partial charge is 0.457 e. The number of nitrogens with zero attached hydrogens (tertiary/aromatic N) is 7. The summed E-state index contributed by atoms with van der Waals surface area (Å²) in [6.07, 6.45) is 8.96.